The molecule has 0 saturated heterocycles. The predicted molar refractivity (Wildman–Crippen MR) is 68.4 cm³/mol. The van der Waals surface area contributed by atoms with Gasteiger partial charge in [-0.2, -0.15) is 0 Å². The van der Waals surface area contributed by atoms with Gasteiger partial charge in [0, 0.05) is 6.04 Å². The van der Waals surface area contributed by atoms with Gasteiger partial charge in [0.1, 0.15) is 0 Å². The van der Waals surface area contributed by atoms with Crippen molar-refractivity contribution in [1.29, 1.82) is 0 Å². The third-order valence-corrected chi connectivity index (χ3v) is 2.95. The molecule has 0 saturated carbocycles. The van der Waals surface area contributed by atoms with Crippen LogP contribution in [0.1, 0.15) is 44.7 Å². The molecule has 0 bridgehead atoms. The molecule has 0 radical (unpaired) electrons. The molecule has 90 valence electrons. The number of nitrogens with one attached hydrogen (secondary N) is 1. The highest BCUT2D eigenvalue weighted by atomic mass is 16.3. The van der Waals surface area contributed by atoms with Crippen LogP contribution in [0.25, 0.3) is 0 Å². The first-order chi connectivity index (χ1) is 7.81. The molecule has 1 aromatic carbocycles. The zero-order valence-corrected chi connectivity index (χ0v) is 10.3. The zero-order chi connectivity index (χ0) is 11.8. The monoisotopic (exact) mass is 221 g/mol. The number of hydrogen-bond donors (Lipinski definition) is 2. The van der Waals surface area contributed by atoms with E-state index in [0.717, 1.165) is 6.42 Å². The quantitative estimate of drug-likeness (QED) is 0.742. The van der Waals surface area contributed by atoms with Crippen LogP contribution in [-0.4, -0.2) is 17.8 Å². The number of hydrogen-bond acceptors (Lipinski definition) is 2. The molecule has 0 aliphatic carbocycles. The summed E-state index contributed by atoms with van der Waals surface area (Å²) in [6.45, 7) is 4.54. The van der Waals surface area contributed by atoms with E-state index in [2.05, 4.69) is 31.3 Å². The Kier molecular flexibility index (Phi) is 6.12. The third kappa shape index (κ3) is 3.95. The minimum Gasteiger partial charge on any atom is -0.394 e. The fraction of sp³-hybridized carbons (Fsp3) is 0.571. The van der Waals surface area contributed by atoms with Gasteiger partial charge >= 0.3 is 0 Å². The minimum absolute atomic E-state index is 0.0673. The van der Waals surface area contributed by atoms with Gasteiger partial charge in [0.15, 0.2) is 0 Å². The maximum atomic E-state index is 9.43. The molecule has 0 aliphatic heterocycles. The van der Waals surface area contributed by atoms with E-state index in [0.29, 0.717) is 6.04 Å². The van der Waals surface area contributed by atoms with Gasteiger partial charge in [-0.1, -0.05) is 50.6 Å². The van der Waals surface area contributed by atoms with Gasteiger partial charge in [-0.3, -0.25) is 0 Å². The highest BCUT2D eigenvalue weighted by molar-refractivity contribution is 5.19. The summed E-state index contributed by atoms with van der Waals surface area (Å²) in [5.41, 5.74) is 1.17. The van der Waals surface area contributed by atoms with Gasteiger partial charge in [-0.25, -0.2) is 0 Å². The van der Waals surface area contributed by atoms with E-state index in [1.54, 1.807) is 0 Å². The van der Waals surface area contributed by atoms with Crippen LogP contribution in [0.5, 0.6) is 0 Å². The Hall–Kier alpha value is -0.860. The van der Waals surface area contributed by atoms with E-state index in [4.69, 9.17) is 0 Å². The van der Waals surface area contributed by atoms with E-state index in [-0.39, 0.29) is 12.6 Å². The lowest BCUT2D eigenvalue weighted by Crippen LogP contribution is -2.34. The summed E-state index contributed by atoms with van der Waals surface area (Å²) < 4.78 is 0. The standard InChI is InChI=1S/C14H23NO/c1-3-8-13(4-2)15-14(11-16)12-9-6-5-7-10-12/h5-7,9-10,13-16H,3-4,8,11H2,1-2H3/t13?,14-/m0/s1. The van der Waals surface area contributed by atoms with E-state index in [1.807, 2.05) is 18.2 Å². The smallest absolute Gasteiger partial charge is 0.0626 e. The zero-order valence-electron chi connectivity index (χ0n) is 10.3. The third-order valence-electron chi connectivity index (χ3n) is 2.95. The second kappa shape index (κ2) is 7.42. The molecule has 2 nitrogen and oxygen atoms in total. The molecule has 1 unspecified atom stereocenters. The molecule has 2 atom stereocenters. The van der Waals surface area contributed by atoms with Crippen molar-refractivity contribution in [3.05, 3.63) is 35.9 Å². The number of benzene rings is 1. The van der Waals surface area contributed by atoms with Crippen LogP contribution in [-0.2, 0) is 0 Å². The lowest BCUT2D eigenvalue weighted by atomic mass is 10.0. The fourth-order valence-electron chi connectivity index (χ4n) is 1.98. The Morgan fingerprint density at radius 2 is 1.88 bits per heavy atom. The topological polar surface area (TPSA) is 32.3 Å². The van der Waals surface area contributed by atoms with Crippen LogP contribution in [0.3, 0.4) is 0 Å². The Morgan fingerprint density at radius 1 is 1.19 bits per heavy atom. The first-order valence-electron chi connectivity index (χ1n) is 6.23. The number of aliphatic hydroxyl groups is 1. The van der Waals surface area contributed by atoms with Crippen molar-refractivity contribution in [3.63, 3.8) is 0 Å². The Labute approximate surface area is 98.7 Å². The molecule has 1 rings (SSSR count). The largest absolute Gasteiger partial charge is 0.394 e. The molecule has 0 spiro atoms. The Bertz CT molecular complexity index is 273. The summed E-state index contributed by atoms with van der Waals surface area (Å²) in [5.74, 6) is 0. The maximum absolute atomic E-state index is 9.43. The van der Waals surface area contributed by atoms with E-state index >= 15 is 0 Å². The van der Waals surface area contributed by atoms with E-state index in [1.165, 1.54) is 18.4 Å². The van der Waals surface area contributed by atoms with Crippen molar-refractivity contribution >= 4 is 0 Å². The van der Waals surface area contributed by atoms with Crippen LogP contribution in [0, 0.1) is 0 Å². The molecule has 16 heavy (non-hydrogen) atoms. The van der Waals surface area contributed by atoms with Crippen LogP contribution in [0.2, 0.25) is 0 Å². The average molecular weight is 221 g/mol. The van der Waals surface area contributed by atoms with Crippen LogP contribution >= 0.6 is 0 Å². The summed E-state index contributed by atoms with van der Waals surface area (Å²) >= 11 is 0. The van der Waals surface area contributed by atoms with Crippen LogP contribution < -0.4 is 5.32 Å². The summed E-state index contributed by atoms with van der Waals surface area (Å²) in [7, 11) is 0. The first kappa shape index (κ1) is 13.2. The van der Waals surface area contributed by atoms with E-state index in [9.17, 15) is 5.11 Å². The molecule has 0 aliphatic rings. The molecular formula is C14H23NO. The van der Waals surface area contributed by atoms with Crippen molar-refractivity contribution in [1.82, 2.24) is 5.32 Å². The Balaban J connectivity index is 2.61. The van der Waals surface area contributed by atoms with Gasteiger partial charge in [-0.15, -0.1) is 0 Å². The molecule has 0 amide bonds. The van der Waals surface area contributed by atoms with Gasteiger partial charge in [0.25, 0.3) is 0 Å². The van der Waals surface area contributed by atoms with Crippen molar-refractivity contribution in [2.24, 2.45) is 0 Å². The molecule has 0 heterocycles. The van der Waals surface area contributed by atoms with Crippen molar-refractivity contribution in [2.75, 3.05) is 6.61 Å². The molecule has 2 heteroatoms. The number of aliphatic hydroxyl groups excluding tert-OH is 1. The van der Waals surface area contributed by atoms with Gasteiger partial charge in [-0.05, 0) is 18.4 Å². The second-order valence-electron chi connectivity index (χ2n) is 4.21. The summed E-state index contributed by atoms with van der Waals surface area (Å²) in [4.78, 5) is 0. The number of rotatable bonds is 7. The minimum atomic E-state index is 0.0673. The molecule has 0 aromatic heterocycles. The van der Waals surface area contributed by atoms with Crippen LogP contribution in [0.4, 0.5) is 0 Å². The fourth-order valence-corrected chi connectivity index (χ4v) is 1.98. The second-order valence-corrected chi connectivity index (χ2v) is 4.21. The molecule has 1 aromatic rings. The first-order valence-corrected chi connectivity index (χ1v) is 6.23. The highest BCUT2D eigenvalue weighted by Crippen LogP contribution is 2.14. The molecule has 0 fully saturated rings. The normalized spacial score (nSPS) is 14.7. The highest BCUT2D eigenvalue weighted by Gasteiger charge is 2.13. The SMILES string of the molecule is CCCC(CC)N[C@@H](CO)c1ccccc1. The molecule has 2 N–H and O–H groups in total. The summed E-state index contributed by atoms with van der Waals surface area (Å²) in [6, 6.07) is 10.7. The lowest BCUT2D eigenvalue weighted by molar-refractivity contribution is 0.228. The van der Waals surface area contributed by atoms with Gasteiger partial charge in [0.05, 0.1) is 12.6 Å². The average Bonchev–Trinajstić information content (AvgIpc) is 2.35. The van der Waals surface area contributed by atoms with E-state index < -0.39 is 0 Å². The predicted octanol–water partition coefficient (Wildman–Crippen LogP) is 2.89. The molecular weight excluding hydrogens is 198 g/mol. The Morgan fingerprint density at radius 3 is 2.38 bits per heavy atom. The summed E-state index contributed by atoms with van der Waals surface area (Å²) in [6.07, 6.45) is 3.45. The van der Waals surface area contributed by atoms with Crippen molar-refractivity contribution < 1.29 is 5.11 Å². The summed E-state index contributed by atoms with van der Waals surface area (Å²) in [5, 5.41) is 13.0. The van der Waals surface area contributed by atoms with Gasteiger partial charge in [0.2, 0.25) is 0 Å². The van der Waals surface area contributed by atoms with Crippen LogP contribution in [0.15, 0.2) is 30.3 Å². The lowest BCUT2D eigenvalue weighted by Gasteiger charge is -2.23. The van der Waals surface area contributed by atoms with Crippen molar-refractivity contribution in [2.45, 2.75) is 45.2 Å². The van der Waals surface area contributed by atoms with Crippen molar-refractivity contribution in [3.8, 4) is 0 Å². The van der Waals surface area contributed by atoms with Gasteiger partial charge < -0.3 is 10.4 Å². The maximum Gasteiger partial charge on any atom is 0.0626 e.